The number of rotatable bonds is 7. The summed E-state index contributed by atoms with van der Waals surface area (Å²) in [4.78, 5) is 43.3. The van der Waals surface area contributed by atoms with Crippen LogP contribution in [0.1, 0.15) is 38.3 Å². The van der Waals surface area contributed by atoms with Crippen LogP contribution in [-0.4, -0.2) is 49.5 Å². The van der Waals surface area contributed by atoms with Crippen LogP contribution in [0.3, 0.4) is 0 Å². The number of nitrogens with one attached hydrogen (secondary N) is 1. The molecule has 1 aliphatic rings. The van der Waals surface area contributed by atoms with E-state index < -0.39 is 23.5 Å². The summed E-state index contributed by atoms with van der Waals surface area (Å²) < 4.78 is 7.59. The first-order valence-corrected chi connectivity index (χ1v) is 12.1. The molecule has 3 atom stereocenters. The van der Waals surface area contributed by atoms with Crippen molar-refractivity contribution in [1.82, 2.24) is 8.88 Å². The maximum atomic E-state index is 13.3. The summed E-state index contributed by atoms with van der Waals surface area (Å²) in [6.45, 7) is 3.86. The number of hydrogen-bond acceptors (Lipinski definition) is 5. The molecule has 2 heterocycles. The molecule has 1 aliphatic heterocycles. The molecule has 3 aromatic rings. The number of nitrogens with zero attached hydrogens (tertiary/aromatic N) is 2. The Bertz CT molecular complexity index is 1260. The van der Waals surface area contributed by atoms with Crippen LogP contribution in [0.15, 0.2) is 58.3 Å². The van der Waals surface area contributed by atoms with Gasteiger partial charge in [-0.2, -0.15) is 0 Å². The zero-order valence-corrected chi connectivity index (χ0v) is 19.9. The standard InChI is InChI=1S/C24H25N3O4Se/c1-4-19(27-22(29)15-9-5-8-12-20(15)32-27)21(28)26-18(23(30)31-3)13-24(2)14-25-17-11-7-6-10-16(17)24/h5-12,14,18-19H,4,13H2,1-3H3,(H,26,28)/t18-,19?,24?/m0/s1. The Morgan fingerprint density at radius 1 is 1.19 bits per heavy atom. The summed E-state index contributed by atoms with van der Waals surface area (Å²) in [7, 11) is 1.31. The minimum absolute atomic E-state index is 0.138. The first kappa shape index (κ1) is 22.2. The molecule has 1 N–H and O–H groups in total. The van der Waals surface area contributed by atoms with E-state index in [0.717, 1.165) is 15.5 Å². The van der Waals surface area contributed by atoms with Crippen molar-refractivity contribution in [3.63, 3.8) is 0 Å². The second-order valence-corrected chi connectivity index (χ2v) is 10.3. The molecule has 8 heteroatoms. The number of fused-ring (bicyclic) bond motifs is 2. The molecule has 32 heavy (non-hydrogen) atoms. The second-order valence-electron chi connectivity index (χ2n) is 8.12. The normalized spacial score (nSPS) is 18.8. The van der Waals surface area contributed by atoms with Crippen molar-refractivity contribution in [2.45, 2.75) is 44.2 Å². The predicted octanol–water partition coefficient (Wildman–Crippen LogP) is 2.73. The van der Waals surface area contributed by atoms with Crippen LogP contribution < -0.4 is 10.9 Å². The Morgan fingerprint density at radius 2 is 1.91 bits per heavy atom. The Morgan fingerprint density at radius 3 is 2.62 bits per heavy atom. The monoisotopic (exact) mass is 499 g/mol. The fourth-order valence-electron chi connectivity index (χ4n) is 4.19. The molecule has 0 saturated heterocycles. The van der Waals surface area contributed by atoms with Crippen LogP contribution in [0.4, 0.5) is 5.69 Å². The quantitative estimate of drug-likeness (QED) is 0.401. The average molecular weight is 498 g/mol. The van der Waals surface area contributed by atoms with Crippen molar-refractivity contribution in [1.29, 1.82) is 0 Å². The molecule has 0 fully saturated rings. The van der Waals surface area contributed by atoms with Crippen LogP contribution in [0.5, 0.6) is 0 Å². The van der Waals surface area contributed by atoms with E-state index in [-0.39, 0.29) is 26.2 Å². The van der Waals surface area contributed by atoms with Crippen LogP contribution in [0, 0.1) is 0 Å². The third-order valence-electron chi connectivity index (χ3n) is 5.93. The third-order valence-corrected chi connectivity index (χ3v) is 8.38. The van der Waals surface area contributed by atoms with Gasteiger partial charge in [0.1, 0.15) is 0 Å². The van der Waals surface area contributed by atoms with Gasteiger partial charge in [0.05, 0.1) is 0 Å². The van der Waals surface area contributed by atoms with Gasteiger partial charge in [0.2, 0.25) is 0 Å². The number of aromatic nitrogens is 1. The third kappa shape index (κ3) is 3.96. The molecule has 0 radical (unpaired) electrons. The molecule has 0 spiro atoms. The van der Waals surface area contributed by atoms with Crippen molar-refractivity contribution in [3.05, 3.63) is 64.4 Å². The number of hydrogen-bond donors (Lipinski definition) is 1. The van der Waals surface area contributed by atoms with E-state index in [1.165, 1.54) is 7.11 Å². The number of carbonyl (C=O) groups excluding carboxylic acids is 2. The van der Waals surface area contributed by atoms with E-state index >= 15 is 0 Å². The SMILES string of the molecule is CCC(C(=O)N[C@@H](CC1(C)C=Nc2ccccc21)C(=O)OC)n1[se]c2ccccc2c1=O. The maximum absolute atomic E-state index is 13.3. The zero-order chi connectivity index (χ0) is 22.9. The molecular weight excluding hydrogens is 473 g/mol. The van der Waals surface area contributed by atoms with Crippen LogP contribution >= 0.6 is 0 Å². The van der Waals surface area contributed by atoms with Gasteiger partial charge in [0.15, 0.2) is 0 Å². The number of amides is 1. The van der Waals surface area contributed by atoms with Crippen LogP contribution in [0.25, 0.3) is 9.65 Å². The minimum atomic E-state index is -0.864. The fourth-order valence-corrected chi connectivity index (χ4v) is 6.62. The summed E-state index contributed by atoms with van der Waals surface area (Å²) in [6, 6.07) is 13.7. The summed E-state index contributed by atoms with van der Waals surface area (Å²) >= 11 is -0.282. The van der Waals surface area contributed by atoms with Gasteiger partial charge in [-0.05, 0) is 0 Å². The molecule has 7 nitrogen and oxygen atoms in total. The van der Waals surface area contributed by atoms with E-state index in [9.17, 15) is 14.4 Å². The van der Waals surface area contributed by atoms with Gasteiger partial charge in [-0.3, -0.25) is 0 Å². The number of para-hydroxylation sites is 1. The topological polar surface area (TPSA) is 89.8 Å². The van der Waals surface area contributed by atoms with Gasteiger partial charge >= 0.3 is 192 Å². The molecule has 0 bridgehead atoms. The van der Waals surface area contributed by atoms with Crippen molar-refractivity contribution < 1.29 is 14.3 Å². The van der Waals surface area contributed by atoms with Gasteiger partial charge in [0.25, 0.3) is 0 Å². The summed E-state index contributed by atoms with van der Waals surface area (Å²) in [6.07, 6.45) is 2.57. The Labute approximate surface area is 192 Å². The van der Waals surface area contributed by atoms with E-state index in [1.807, 2.05) is 62.5 Å². The van der Waals surface area contributed by atoms with Gasteiger partial charge in [-0.1, -0.05) is 0 Å². The van der Waals surface area contributed by atoms with Gasteiger partial charge in [-0.25, -0.2) is 0 Å². The number of carbonyl (C=O) groups is 2. The van der Waals surface area contributed by atoms with Crippen molar-refractivity contribution in [2.75, 3.05) is 7.11 Å². The molecule has 4 rings (SSSR count). The second kappa shape index (κ2) is 8.88. The molecule has 1 amide bonds. The van der Waals surface area contributed by atoms with Crippen LogP contribution in [0.2, 0.25) is 0 Å². The van der Waals surface area contributed by atoms with Gasteiger partial charge in [-0.15, -0.1) is 0 Å². The molecular formula is C24H25N3O4Se. The van der Waals surface area contributed by atoms with Crippen LogP contribution in [-0.2, 0) is 19.7 Å². The number of ether oxygens (including phenoxy) is 1. The van der Waals surface area contributed by atoms with Gasteiger partial charge in [0, 0.05) is 0 Å². The predicted molar refractivity (Wildman–Crippen MR) is 125 cm³/mol. The number of methoxy groups -OCH3 is 1. The molecule has 0 saturated carbocycles. The van der Waals surface area contributed by atoms with E-state index in [0.29, 0.717) is 18.2 Å². The van der Waals surface area contributed by atoms with Gasteiger partial charge < -0.3 is 0 Å². The molecule has 2 aromatic carbocycles. The first-order chi connectivity index (χ1) is 15.4. The van der Waals surface area contributed by atoms with E-state index in [1.54, 1.807) is 9.63 Å². The van der Waals surface area contributed by atoms with Crippen molar-refractivity contribution >= 4 is 48.2 Å². The Hall–Kier alpha value is -2.96. The molecule has 166 valence electrons. The Kier molecular flexibility index (Phi) is 6.17. The molecule has 1 aromatic heterocycles. The number of esters is 1. The van der Waals surface area contributed by atoms with Crippen molar-refractivity contribution in [3.8, 4) is 0 Å². The number of aliphatic imine (C=N–C) groups is 1. The van der Waals surface area contributed by atoms with E-state index in [2.05, 4.69) is 10.3 Å². The first-order valence-electron chi connectivity index (χ1n) is 10.5. The zero-order valence-electron chi connectivity index (χ0n) is 18.2. The summed E-state index contributed by atoms with van der Waals surface area (Å²) in [5.41, 5.74) is 1.21. The average Bonchev–Trinajstić information content (AvgIpc) is 3.31. The number of benzene rings is 2. The summed E-state index contributed by atoms with van der Waals surface area (Å²) in [5.74, 6) is -0.869. The van der Waals surface area contributed by atoms with E-state index in [4.69, 9.17) is 4.74 Å². The molecule has 2 unspecified atom stereocenters. The van der Waals surface area contributed by atoms with Crippen molar-refractivity contribution in [2.24, 2.45) is 4.99 Å². The molecule has 0 aliphatic carbocycles. The Balaban J connectivity index is 1.60. The fraction of sp³-hybridized carbons (Fsp3) is 0.333. The summed E-state index contributed by atoms with van der Waals surface area (Å²) in [5, 5.41) is 3.51.